The molecule has 3 rings (SSSR count). The Morgan fingerprint density at radius 2 is 1.57 bits per heavy atom. The van der Waals surface area contributed by atoms with E-state index in [1.54, 1.807) is 0 Å². The number of benzene rings is 2. The lowest BCUT2D eigenvalue weighted by atomic mass is 9.86. The molecule has 1 aliphatic rings. The van der Waals surface area contributed by atoms with Crippen LogP contribution in [0, 0.1) is 0 Å². The van der Waals surface area contributed by atoms with Crippen LogP contribution in [0.1, 0.15) is 37.8 Å². The van der Waals surface area contributed by atoms with Gasteiger partial charge >= 0.3 is 0 Å². The number of hydrogen-bond acceptors (Lipinski definition) is 1. The highest BCUT2D eigenvalue weighted by Gasteiger charge is 2.32. The van der Waals surface area contributed by atoms with Crippen LogP contribution in [0.15, 0.2) is 72.3 Å². The van der Waals surface area contributed by atoms with Crippen molar-refractivity contribution in [2.45, 2.75) is 51.2 Å². The molecule has 0 unspecified atom stereocenters. The van der Waals surface area contributed by atoms with Crippen LogP contribution >= 0.6 is 0 Å². The van der Waals surface area contributed by atoms with Crippen molar-refractivity contribution in [3.63, 3.8) is 0 Å². The molecular weight excluding hydrogens is 280 g/mol. The second-order valence-corrected chi connectivity index (χ2v) is 6.98. The third kappa shape index (κ3) is 4.56. The van der Waals surface area contributed by atoms with Crippen LogP contribution in [-0.4, -0.2) is 11.7 Å². The molecule has 23 heavy (non-hydrogen) atoms. The smallest absolute Gasteiger partial charge is 0.0769 e. The molecule has 0 radical (unpaired) electrons. The van der Waals surface area contributed by atoms with Crippen molar-refractivity contribution in [3.8, 4) is 0 Å². The normalized spacial score (nSPS) is 24.3. The summed E-state index contributed by atoms with van der Waals surface area (Å²) in [5.41, 5.74) is 4.10. The van der Waals surface area contributed by atoms with Gasteiger partial charge in [-0.2, -0.15) is 0 Å². The number of aryl methyl sites for hydroxylation is 1. The number of hydrogen-bond donors (Lipinski definition) is 0. The summed E-state index contributed by atoms with van der Waals surface area (Å²) in [7, 11) is 0. The molecule has 0 aromatic heterocycles. The Labute approximate surface area is 140 Å². The van der Waals surface area contributed by atoms with E-state index in [9.17, 15) is 0 Å². The minimum atomic E-state index is -0.0957. The molecule has 0 saturated carbocycles. The van der Waals surface area contributed by atoms with Crippen molar-refractivity contribution in [2.75, 3.05) is 0 Å². The monoisotopic (exact) mass is 306 g/mol. The molecule has 0 spiro atoms. The Bertz CT molecular complexity index is 644. The van der Waals surface area contributed by atoms with E-state index in [4.69, 9.17) is 4.74 Å². The average Bonchev–Trinajstić information content (AvgIpc) is 2.54. The first-order valence-electron chi connectivity index (χ1n) is 8.56. The molecule has 2 aromatic rings. The summed E-state index contributed by atoms with van der Waals surface area (Å²) in [5.74, 6) is 0. The highest BCUT2D eigenvalue weighted by atomic mass is 16.5. The Kier molecular flexibility index (Phi) is 4.97. The minimum Gasteiger partial charge on any atom is -0.367 e. The molecule has 0 bridgehead atoms. The first-order chi connectivity index (χ1) is 11.1. The van der Waals surface area contributed by atoms with Crippen LogP contribution in [0.3, 0.4) is 0 Å². The second-order valence-electron chi connectivity index (χ2n) is 6.98. The fourth-order valence-electron chi connectivity index (χ4n) is 3.63. The Morgan fingerprint density at radius 1 is 0.957 bits per heavy atom. The lowest BCUT2D eigenvalue weighted by molar-refractivity contribution is -0.0746. The lowest BCUT2D eigenvalue weighted by Crippen LogP contribution is -2.39. The zero-order valence-corrected chi connectivity index (χ0v) is 14.2. The van der Waals surface area contributed by atoms with Crippen LogP contribution in [0.4, 0.5) is 0 Å². The van der Waals surface area contributed by atoms with Gasteiger partial charge in [0, 0.05) is 6.42 Å². The Morgan fingerprint density at radius 3 is 2.22 bits per heavy atom. The van der Waals surface area contributed by atoms with Crippen LogP contribution < -0.4 is 0 Å². The first-order valence-corrected chi connectivity index (χ1v) is 8.56. The van der Waals surface area contributed by atoms with Gasteiger partial charge in [0.15, 0.2) is 0 Å². The molecule has 0 N–H and O–H groups in total. The molecule has 0 saturated heterocycles. The molecule has 2 atom stereocenters. The highest BCUT2D eigenvalue weighted by Crippen LogP contribution is 2.33. The Hall–Kier alpha value is -1.86. The van der Waals surface area contributed by atoms with Gasteiger partial charge in [0.05, 0.1) is 11.7 Å². The van der Waals surface area contributed by atoms with Crippen molar-refractivity contribution in [1.82, 2.24) is 0 Å². The summed E-state index contributed by atoms with van der Waals surface area (Å²) in [6.07, 6.45) is 6.64. The van der Waals surface area contributed by atoms with Crippen LogP contribution in [0.25, 0.3) is 0 Å². The fourth-order valence-corrected chi connectivity index (χ4v) is 3.63. The van der Waals surface area contributed by atoms with E-state index in [1.165, 1.54) is 16.7 Å². The van der Waals surface area contributed by atoms with E-state index in [1.807, 2.05) is 0 Å². The van der Waals surface area contributed by atoms with E-state index in [2.05, 4.69) is 80.6 Å². The van der Waals surface area contributed by atoms with Crippen molar-refractivity contribution in [3.05, 3.63) is 83.4 Å². The van der Waals surface area contributed by atoms with Gasteiger partial charge in [0.1, 0.15) is 0 Å². The van der Waals surface area contributed by atoms with Gasteiger partial charge in [-0.3, -0.25) is 0 Å². The van der Waals surface area contributed by atoms with Gasteiger partial charge in [-0.15, -0.1) is 0 Å². The zero-order valence-electron chi connectivity index (χ0n) is 14.2. The summed E-state index contributed by atoms with van der Waals surface area (Å²) in [6.45, 7) is 4.49. The summed E-state index contributed by atoms with van der Waals surface area (Å²) >= 11 is 0. The third-order valence-corrected chi connectivity index (χ3v) is 4.54. The van der Waals surface area contributed by atoms with Gasteiger partial charge < -0.3 is 4.74 Å². The summed E-state index contributed by atoms with van der Waals surface area (Å²) in [4.78, 5) is 0. The third-order valence-electron chi connectivity index (χ3n) is 4.54. The lowest BCUT2D eigenvalue weighted by Gasteiger charge is -2.38. The molecule has 1 aliphatic heterocycles. The quantitative estimate of drug-likeness (QED) is 0.676. The second kappa shape index (κ2) is 7.14. The van der Waals surface area contributed by atoms with E-state index in [0.29, 0.717) is 0 Å². The topological polar surface area (TPSA) is 9.23 Å². The summed E-state index contributed by atoms with van der Waals surface area (Å²) in [5, 5.41) is 0. The zero-order chi connectivity index (χ0) is 16.1. The van der Waals surface area contributed by atoms with Crippen molar-refractivity contribution in [2.24, 2.45) is 0 Å². The van der Waals surface area contributed by atoms with Gasteiger partial charge in [0.2, 0.25) is 0 Å². The van der Waals surface area contributed by atoms with Gasteiger partial charge in [-0.1, -0.05) is 72.3 Å². The molecule has 0 aliphatic carbocycles. The SMILES string of the molecule is CC1=C[C@@H](CCc2ccccc2)O[C@@](C)(Cc2ccccc2)C1. The molecule has 0 amide bonds. The predicted octanol–water partition coefficient (Wildman–Crippen LogP) is 5.36. The molecule has 1 nitrogen and oxygen atoms in total. The van der Waals surface area contributed by atoms with Gasteiger partial charge in [0.25, 0.3) is 0 Å². The maximum absolute atomic E-state index is 6.49. The fraction of sp³-hybridized carbons (Fsp3) is 0.364. The predicted molar refractivity (Wildman–Crippen MR) is 96.6 cm³/mol. The molecule has 1 heterocycles. The molecule has 0 fully saturated rings. The van der Waals surface area contributed by atoms with Crippen LogP contribution in [0.5, 0.6) is 0 Å². The summed E-state index contributed by atoms with van der Waals surface area (Å²) < 4.78 is 6.49. The molecular formula is C22H26O. The summed E-state index contributed by atoms with van der Waals surface area (Å²) in [6, 6.07) is 21.4. The van der Waals surface area contributed by atoms with Gasteiger partial charge in [-0.05, 0) is 44.2 Å². The molecule has 1 heteroatoms. The maximum Gasteiger partial charge on any atom is 0.0769 e. The van der Waals surface area contributed by atoms with Crippen molar-refractivity contribution < 1.29 is 4.74 Å². The molecule has 120 valence electrons. The minimum absolute atomic E-state index is 0.0957. The maximum atomic E-state index is 6.49. The van der Waals surface area contributed by atoms with Crippen LogP contribution in [-0.2, 0) is 17.6 Å². The Balaban J connectivity index is 1.65. The molecule has 2 aromatic carbocycles. The van der Waals surface area contributed by atoms with E-state index in [-0.39, 0.29) is 11.7 Å². The van der Waals surface area contributed by atoms with Crippen LogP contribution in [0.2, 0.25) is 0 Å². The van der Waals surface area contributed by atoms with Crippen molar-refractivity contribution >= 4 is 0 Å². The first kappa shape index (κ1) is 16.0. The van der Waals surface area contributed by atoms with Crippen molar-refractivity contribution in [1.29, 1.82) is 0 Å². The van der Waals surface area contributed by atoms with E-state index in [0.717, 1.165) is 25.7 Å². The van der Waals surface area contributed by atoms with E-state index < -0.39 is 0 Å². The number of ether oxygens (including phenoxy) is 1. The standard InChI is InChI=1S/C22H26O/c1-18-15-21(14-13-19-9-5-3-6-10-19)23-22(2,16-18)17-20-11-7-4-8-12-20/h3-12,15,21H,13-14,16-17H2,1-2H3/t21-,22-/m1/s1. The van der Waals surface area contributed by atoms with E-state index >= 15 is 0 Å². The average molecular weight is 306 g/mol. The number of rotatable bonds is 5. The van der Waals surface area contributed by atoms with Gasteiger partial charge in [-0.25, -0.2) is 0 Å². The highest BCUT2D eigenvalue weighted by molar-refractivity contribution is 5.21. The largest absolute Gasteiger partial charge is 0.367 e.